The van der Waals surface area contributed by atoms with E-state index in [0.717, 1.165) is 6.42 Å². The van der Waals surface area contributed by atoms with Gasteiger partial charge in [-0.2, -0.15) is 13.2 Å². The summed E-state index contributed by atoms with van der Waals surface area (Å²) in [5.74, 6) is 0. The van der Waals surface area contributed by atoms with E-state index >= 15 is 0 Å². The van der Waals surface area contributed by atoms with Gasteiger partial charge in [-0.3, -0.25) is 0 Å². The van der Waals surface area contributed by atoms with Crippen LogP contribution < -0.4 is 5.32 Å². The molecule has 0 aromatic rings. The molecule has 0 saturated heterocycles. The third kappa shape index (κ3) is 8.31. The molecule has 0 aliphatic heterocycles. The van der Waals surface area contributed by atoms with E-state index in [9.17, 15) is 13.2 Å². The Morgan fingerprint density at radius 1 is 1.29 bits per heavy atom. The van der Waals surface area contributed by atoms with Gasteiger partial charge in [-0.25, -0.2) is 0 Å². The van der Waals surface area contributed by atoms with Gasteiger partial charge < -0.3 is 10.1 Å². The Morgan fingerprint density at radius 3 is 2.36 bits per heavy atom. The van der Waals surface area contributed by atoms with Gasteiger partial charge in [-0.15, -0.1) is 0 Å². The molecule has 0 aromatic carbocycles. The highest BCUT2D eigenvalue weighted by molar-refractivity contribution is 4.69. The third-order valence-corrected chi connectivity index (χ3v) is 1.64. The van der Waals surface area contributed by atoms with E-state index in [0.29, 0.717) is 13.2 Å². The fourth-order valence-electron chi connectivity index (χ4n) is 1.13. The van der Waals surface area contributed by atoms with Crippen LogP contribution in [0.2, 0.25) is 0 Å². The molecule has 1 unspecified atom stereocenters. The number of likely N-dealkylation sites (N-methyl/N-ethyl adjacent to an activating group) is 1. The molecule has 0 spiro atoms. The lowest BCUT2D eigenvalue weighted by atomic mass is 10.2. The number of rotatable bonds is 7. The lowest BCUT2D eigenvalue weighted by Crippen LogP contribution is -2.37. The topological polar surface area (TPSA) is 21.3 Å². The molecule has 1 N–H and O–H groups in total. The SMILES string of the molecule is CCCOCC(CC(F)(F)F)NCC. The lowest BCUT2D eigenvalue weighted by Gasteiger charge is -2.19. The highest BCUT2D eigenvalue weighted by atomic mass is 19.4. The Hall–Kier alpha value is -0.290. The van der Waals surface area contributed by atoms with E-state index in [-0.39, 0.29) is 6.61 Å². The van der Waals surface area contributed by atoms with Crippen LogP contribution in [0.1, 0.15) is 26.7 Å². The van der Waals surface area contributed by atoms with Crippen LogP contribution in [-0.4, -0.2) is 32.0 Å². The highest BCUT2D eigenvalue weighted by Crippen LogP contribution is 2.21. The predicted molar refractivity (Wildman–Crippen MR) is 49.2 cm³/mol. The first kappa shape index (κ1) is 13.7. The summed E-state index contributed by atoms with van der Waals surface area (Å²) in [6.45, 7) is 4.87. The van der Waals surface area contributed by atoms with Crippen molar-refractivity contribution in [3.05, 3.63) is 0 Å². The molecular weight excluding hydrogens is 195 g/mol. The molecule has 86 valence electrons. The van der Waals surface area contributed by atoms with Gasteiger partial charge in [-0.1, -0.05) is 13.8 Å². The molecule has 0 bridgehead atoms. The summed E-state index contributed by atoms with van der Waals surface area (Å²) in [5.41, 5.74) is 0. The Morgan fingerprint density at radius 2 is 1.93 bits per heavy atom. The van der Waals surface area contributed by atoms with E-state index in [2.05, 4.69) is 5.32 Å². The molecule has 1 atom stereocenters. The molecule has 0 amide bonds. The molecule has 0 aromatic heterocycles. The number of hydrogen-bond acceptors (Lipinski definition) is 2. The van der Waals surface area contributed by atoms with Crippen molar-refractivity contribution in [2.75, 3.05) is 19.8 Å². The smallest absolute Gasteiger partial charge is 0.380 e. The van der Waals surface area contributed by atoms with Gasteiger partial charge in [0.1, 0.15) is 0 Å². The summed E-state index contributed by atoms with van der Waals surface area (Å²) in [5, 5.41) is 2.75. The minimum absolute atomic E-state index is 0.126. The van der Waals surface area contributed by atoms with E-state index in [1.807, 2.05) is 6.92 Å². The largest absolute Gasteiger partial charge is 0.390 e. The molecular formula is C9H18F3NO. The number of alkyl halides is 3. The Labute approximate surface area is 82.8 Å². The summed E-state index contributed by atoms with van der Waals surface area (Å²) < 4.78 is 41.2. The summed E-state index contributed by atoms with van der Waals surface area (Å²) >= 11 is 0. The van der Waals surface area contributed by atoms with Crippen LogP contribution in [0.4, 0.5) is 13.2 Å². The first-order chi connectivity index (χ1) is 6.49. The van der Waals surface area contributed by atoms with Gasteiger partial charge in [0, 0.05) is 12.6 Å². The fourth-order valence-corrected chi connectivity index (χ4v) is 1.13. The van der Waals surface area contributed by atoms with Gasteiger partial charge in [0.25, 0.3) is 0 Å². The molecule has 0 rings (SSSR count). The number of nitrogens with one attached hydrogen (secondary N) is 1. The Kier molecular flexibility index (Phi) is 6.92. The van der Waals surface area contributed by atoms with Gasteiger partial charge in [0.05, 0.1) is 13.0 Å². The quantitative estimate of drug-likeness (QED) is 0.655. The van der Waals surface area contributed by atoms with Crippen molar-refractivity contribution in [3.63, 3.8) is 0 Å². The fraction of sp³-hybridized carbons (Fsp3) is 1.00. The average molecular weight is 213 g/mol. The van der Waals surface area contributed by atoms with Gasteiger partial charge in [0.15, 0.2) is 0 Å². The van der Waals surface area contributed by atoms with E-state index in [4.69, 9.17) is 4.74 Å². The van der Waals surface area contributed by atoms with Gasteiger partial charge in [-0.05, 0) is 13.0 Å². The van der Waals surface area contributed by atoms with Crippen molar-refractivity contribution in [2.24, 2.45) is 0 Å². The minimum Gasteiger partial charge on any atom is -0.380 e. The maximum atomic E-state index is 12.0. The molecule has 0 radical (unpaired) electrons. The van der Waals surface area contributed by atoms with Crippen LogP contribution in [0.3, 0.4) is 0 Å². The molecule has 0 aliphatic rings. The first-order valence-electron chi connectivity index (χ1n) is 4.87. The molecule has 5 heteroatoms. The number of hydrogen-bond donors (Lipinski definition) is 1. The molecule has 14 heavy (non-hydrogen) atoms. The Balaban J connectivity index is 3.77. The maximum Gasteiger partial charge on any atom is 0.390 e. The zero-order valence-electron chi connectivity index (χ0n) is 8.66. The summed E-state index contributed by atoms with van der Waals surface area (Å²) in [6, 6.07) is -0.619. The van der Waals surface area contributed by atoms with Crippen LogP contribution in [0.5, 0.6) is 0 Å². The first-order valence-corrected chi connectivity index (χ1v) is 4.87. The zero-order valence-corrected chi connectivity index (χ0v) is 8.66. The van der Waals surface area contributed by atoms with Crippen LogP contribution in [0.25, 0.3) is 0 Å². The second kappa shape index (κ2) is 7.06. The summed E-state index contributed by atoms with van der Waals surface area (Å²) in [7, 11) is 0. The van der Waals surface area contributed by atoms with Crippen molar-refractivity contribution >= 4 is 0 Å². The number of ether oxygens (including phenoxy) is 1. The molecule has 0 fully saturated rings. The standard InChI is InChI=1S/C9H18F3NO/c1-3-5-14-7-8(13-4-2)6-9(10,11)12/h8,13H,3-7H2,1-2H3. The normalized spacial score (nSPS) is 14.4. The summed E-state index contributed by atoms with van der Waals surface area (Å²) in [6.07, 6.45) is -4.13. The van der Waals surface area contributed by atoms with Crippen LogP contribution in [0.15, 0.2) is 0 Å². The third-order valence-electron chi connectivity index (χ3n) is 1.64. The van der Waals surface area contributed by atoms with Crippen LogP contribution in [0, 0.1) is 0 Å². The van der Waals surface area contributed by atoms with Crippen molar-refractivity contribution < 1.29 is 17.9 Å². The van der Waals surface area contributed by atoms with E-state index < -0.39 is 18.6 Å². The van der Waals surface area contributed by atoms with E-state index in [1.54, 1.807) is 6.92 Å². The minimum atomic E-state index is -4.12. The predicted octanol–water partition coefficient (Wildman–Crippen LogP) is 2.34. The lowest BCUT2D eigenvalue weighted by molar-refractivity contribution is -0.143. The molecule has 0 heterocycles. The maximum absolute atomic E-state index is 12.0. The molecule has 0 saturated carbocycles. The highest BCUT2D eigenvalue weighted by Gasteiger charge is 2.31. The van der Waals surface area contributed by atoms with Crippen LogP contribution >= 0.6 is 0 Å². The zero-order chi connectivity index (χ0) is 11.0. The van der Waals surface area contributed by atoms with Gasteiger partial charge in [0.2, 0.25) is 0 Å². The van der Waals surface area contributed by atoms with Crippen molar-refractivity contribution in [1.29, 1.82) is 0 Å². The number of halogens is 3. The van der Waals surface area contributed by atoms with Crippen molar-refractivity contribution in [2.45, 2.75) is 38.9 Å². The summed E-state index contributed by atoms with van der Waals surface area (Å²) in [4.78, 5) is 0. The molecule has 0 aliphatic carbocycles. The second-order valence-electron chi connectivity index (χ2n) is 3.15. The molecule has 2 nitrogen and oxygen atoms in total. The second-order valence-corrected chi connectivity index (χ2v) is 3.15. The van der Waals surface area contributed by atoms with Gasteiger partial charge >= 0.3 is 6.18 Å². The van der Waals surface area contributed by atoms with Crippen LogP contribution in [-0.2, 0) is 4.74 Å². The van der Waals surface area contributed by atoms with E-state index in [1.165, 1.54) is 0 Å². The Bertz CT molecular complexity index is 139. The average Bonchev–Trinajstić information content (AvgIpc) is 2.02. The van der Waals surface area contributed by atoms with Crippen molar-refractivity contribution in [1.82, 2.24) is 5.32 Å². The monoisotopic (exact) mass is 213 g/mol. The van der Waals surface area contributed by atoms with Crippen molar-refractivity contribution in [3.8, 4) is 0 Å².